The van der Waals surface area contributed by atoms with Crippen LogP contribution in [0.2, 0.25) is 0 Å². The van der Waals surface area contributed by atoms with Crippen LogP contribution in [0.5, 0.6) is 0 Å². The fourth-order valence-electron chi connectivity index (χ4n) is 2.03. The SMILES string of the molecule is C/C(=N\OCc1ccccc1/C=N\O)c1cccc(C(F)(F)F)c1. The first kappa shape index (κ1) is 17.5. The molecule has 0 amide bonds. The smallest absolute Gasteiger partial charge is 0.411 e. The molecule has 4 nitrogen and oxygen atoms in total. The Labute approximate surface area is 136 Å². The van der Waals surface area contributed by atoms with Crippen molar-refractivity contribution in [2.45, 2.75) is 19.7 Å². The molecule has 0 fully saturated rings. The van der Waals surface area contributed by atoms with E-state index in [1.165, 1.54) is 18.3 Å². The van der Waals surface area contributed by atoms with E-state index in [2.05, 4.69) is 10.3 Å². The highest BCUT2D eigenvalue weighted by Crippen LogP contribution is 2.29. The highest BCUT2D eigenvalue weighted by molar-refractivity contribution is 5.98. The minimum Gasteiger partial charge on any atom is -0.411 e. The Hall–Kier alpha value is -2.83. The molecule has 7 heteroatoms. The summed E-state index contributed by atoms with van der Waals surface area (Å²) in [6.45, 7) is 1.66. The molecule has 0 heterocycles. The van der Waals surface area contributed by atoms with Crippen molar-refractivity contribution in [3.05, 3.63) is 70.8 Å². The van der Waals surface area contributed by atoms with Gasteiger partial charge in [-0.3, -0.25) is 0 Å². The maximum absolute atomic E-state index is 12.7. The third-order valence-electron chi connectivity index (χ3n) is 3.28. The minimum atomic E-state index is -4.40. The van der Waals surface area contributed by atoms with Gasteiger partial charge in [-0.15, -0.1) is 0 Å². The summed E-state index contributed by atoms with van der Waals surface area (Å²) in [7, 11) is 0. The van der Waals surface area contributed by atoms with E-state index in [1.54, 1.807) is 31.2 Å². The highest BCUT2D eigenvalue weighted by atomic mass is 19.4. The van der Waals surface area contributed by atoms with Crippen molar-refractivity contribution in [2.75, 3.05) is 0 Å². The van der Waals surface area contributed by atoms with Crippen LogP contribution < -0.4 is 0 Å². The van der Waals surface area contributed by atoms with Gasteiger partial charge in [0.25, 0.3) is 0 Å². The zero-order chi connectivity index (χ0) is 17.6. The lowest BCUT2D eigenvalue weighted by molar-refractivity contribution is -0.137. The van der Waals surface area contributed by atoms with Gasteiger partial charge in [0.1, 0.15) is 6.61 Å². The Bertz CT molecular complexity index is 755. The van der Waals surface area contributed by atoms with Gasteiger partial charge in [0, 0.05) is 11.1 Å². The number of hydrogen-bond donors (Lipinski definition) is 1. The molecule has 126 valence electrons. The van der Waals surface area contributed by atoms with Crippen molar-refractivity contribution in [1.82, 2.24) is 0 Å². The summed E-state index contributed by atoms with van der Waals surface area (Å²) in [4.78, 5) is 5.21. The third kappa shape index (κ3) is 4.58. The van der Waals surface area contributed by atoms with Crippen LogP contribution in [0.25, 0.3) is 0 Å². The Morgan fingerprint density at radius 1 is 1.17 bits per heavy atom. The maximum atomic E-state index is 12.7. The third-order valence-corrected chi connectivity index (χ3v) is 3.28. The van der Waals surface area contributed by atoms with Crippen molar-refractivity contribution >= 4 is 11.9 Å². The zero-order valence-corrected chi connectivity index (χ0v) is 12.8. The van der Waals surface area contributed by atoms with Crippen LogP contribution in [0.15, 0.2) is 58.8 Å². The molecule has 0 saturated heterocycles. The van der Waals surface area contributed by atoms with Gasteiger partial charge < -0.3 is 10.0 Å². The van der Waals surface area contributed by atoms with Crippen molar-refractivity contribution in [2.24, 2.45) is 10.3 Å². The monoisotopic (exact) mass is 336 g/mol. The average Bonchev–Trinajstić information content (AvgIpc) is 2.56. The molecule has 0 aromatic heterocycles. The number of halogens is 3. The molecule has 0 aliphatic carbocycles. The molecule has 2 aromatic carbocycles. The van der Waals surface area contributed by atoms with E-state index in [0.717, 1.165) is 17.7 Å². The van der Waals surface area contributed by atoms with Gasteiger partial charge in [-0.1, -0.05) is 46.7 Å². The molecule has 0 aliphatic heterocycles. The van der Waals surface area contributed by atoms with Crippen molar-refractivity contribution < 1.29 is 23.2 Å². The molecular formula is C17H15F3N2O2. The topological polar surface area (TPSA) is 54.2 Å². The van der Waals surface area contributed by atoms with Gasteiger partial charge in [-0.05, 0) is 24.6 Å². The summed E-state index contributed by atoms with van der Waals surface area (Å²) >= 11 is 0. The van der Waals surface area contributed by atoms with Crippen LogP contribution in [0, 0.1) is 0 Å². The van der Waals surface area contributed by atoms with E-state index in [-0.39, 0.29) is 6.61 Å². The second-order valence-corrected chi connectivity index (χ2v) is 4.97. The van der Waals surface area contributed by atoms with E-state index in [9.17, 15) is 13.2 Å². The Morgan fingerprint density at radius 3 is 2.62 bits per heavy atom. The summed E-state index contributed by atoms with van der Waals surface area (Å²) in [6.07, 6.45) is -3.14. The maximum Gasteiger partial charge on any atom is 0.416 e. The van der Waals surface area contributed by atoms with Gasteiger partial charge in [-0.25, -0.2) is 0 Å². The van der Waals surface area contributed by atoms with Gasteiger partial charge >= 0.3 is 6.18 Å². The molecular weight excluding hydrogens is 321 g/mol. The first-order valence-corrected chi connectivity index (χ1v) is 7.01. The van der Waals surface area contributed by atoms with E-state index >= 15 is 0 Å². The molecule has 0 radical (unpaired) electrons. The first-order chi connectivity index (χ1) is 11.4. The Balaban J connectivity index is 2.10. The number of alkyl halides is 3. The van der Waals surface area contributed by atoms with E-state index < -0.39 is 11.7 Å². The molecule has 0 saturated carbocycles. The van der Waals surface area contributed by atoms with Gasteiger partial charge in [0.15, 0.2) is 0 Å². The first-order valence-electron chi connectivity index (χ1n) is 7.01. The zero-order valence-electron chi connectivity index (χ0n) is 12.8. The predicted octanol–water partition coefficient (Wildman–Crippen LogP) is 4.45. The largest absolute Gasteiger partial charge is 0.416 e. The molecule has 0 unspecified atom stereocenters. The lowest BCUT2D eigenvalue weighted by Crippen LogP contribution is -2.07. The number of benzene rings is 2. The summed E-state index contributed by atoms with van der Waals surface area (Å²) in [5.74, 6) is 0. The molecule has 24 heavy (non-hydrogen) atoms. The van der Waals surface area contributed by atoms with Crippen LogP contribution in [0.4, 0.5) is 13.2 Å². The van der Waals surface area contributed by atoms with Crippen molar-refractivity contribution in [3.8, 4) is 0 Å². The van der Waals surface area contributed by atoms with E-state index in [0.29, 0.717) is 16.8 Å². The van der Waals surface area contributed by atoms with Gasteiger partial charge in [-0.2, -0.15) is 13.2 Å². The van der Waals surface area contributed by atoms with Crippen LogP contribution in [0.1, 0.15) is 29.2 Å². The highest BCUT2D eigenvalue weighted by Gasteiger charge is 2.30. The molecule has 0 aliphatic rings. The molecule has 2 aromatic rings. The predicted molar refractivity (Wildman–Crippen MR) is 84.3 cm³/mol. The Kier molecular flexibility index (Phi) is 5.57. The molecule has 0 atom stereocenters. The molecule has 1 N–H and O–H groups in total. The van der Waals surface area contributed by atoms with Crippen LogP contribution >= 0.6 is 0 Å². The van der Waals surface area contributed by atoms with Crippen molar-refractivity contribution in [3.63, 3.8) is 0 Å². The average molecular weight is 336 g/mol. The van der Waals surface area contributed by atoms with E-state index in [1.807, 2.05) is 0 Å². The summed E-state index contributed by atoms with van der Waals surface area (Å²) in [5, 5.41) is 15.4. The van der Waals surface area contributed by atoms with Gasteiger partial charge in [0.05, 0.1) is 17.5 Å². The van der Waals surface area contributed by atoms with Crippen LogP contribution in [0.3, 0.4) is 0 Å². The molecule has 2 rings (SSSR count). The molecule has 0 bridgehead atoms. The quantitative estimate of drug-likeness (QED) is 0.498. The fourth-order valence-corrected chi connectivity index (χ4v) is 2.03. The normalized spacial score (nSPS) is 12.6. The number of hydrogen-bond acceptors (Lipinski definition) is 4. The van der Waals surface area contributed by atoms with Gasteiger partial charge in [0.2, 0.25) is 0 Å². The number of rotatable bonds is 5. The summed E-state index contributed by atoms with van der Waals surface area (Å²) in [5.41, 5.74) is 1.31. The number of oxime groups is 2. The standard InChI is InChI=1S/C17H15F3N2O2/c1-12(13-7-4-8-16(9-13)17(18,19)20)22-24-11-15-6-3-2-5-14(15)10-21-23/h2-10,23H,11H2,1H3/b21-10-,22-12+. The summed E-state index contributed by atoms with van der Waals surface area (Å²) in [6, 6.07) is 12.0. The van der Waals surface area contributed by atoms with E-state index in [4.69, 9.17) is 10.0 Å². The lowest BCUT2D eigenvalue weighted by Gasteiger charge is -2.09. The minimum absolute atomic E-state index is 0.0957. The fraction of sp³-hybridized carbons (Fsp3) is 0.176. The molecule has 0 spiro atoms. The Morgan fingerprint density at radius 2 is 1.92 bits per heavy atom. The van der Waals surface area contributed by atoms with Crippen LogP contribution in [-0.4, -0.2) is 17.1 Å². The number of nitrogens with zero attached hydrogens (tertiary/aromatic N) is 2. The van der Waals surface area contributed by atoms with Crippen molar-refractivity contribution in [1.29, 1.82) is 0 Å². The lowest BCUT2D eigenvalue weighted by atomic mass is 10.1. The van der Waals surface area contributed by atoms with Crippen LogP contribution in [-0.2, 0) is 17.6 Å². The second kappa shape index (κ2) is 7.63. The second-order valence-electron chi connectivity index (χ2n) is 4.97. The summed E-state index contributed by atoms with van der Waals surface area (Å²) < 4.78 is 38.2.